The van der Waals surface area contributed by atoms with Crippen molar-refractivity contribution in [3.8, 4) is 6.07 Å². The van der Waals surface area contributed by atoms with Crippen molar-refractivity contribution in [2.75, 3.05) is 11.9 Å². The molecule has 3 nitrogen and oxygen atoms in total. The molecule has 0 heterocycles. The summed E-state index contributed by atoms with van der Waals surface area (Å²) < 4.78 is 0. The Labute approximate surface area is 113 Å². The number of aliphatic hydroxyl groups is 1. The third-order valence-electron chi connectivity index (χ3n) is 3.65. The van der Waals surface area contributed by atoms with Crippen LogP contribution in [0.15, 0.2) is 18.2 Å². The molecule has 1 aromatic rings. The Kier molecular flexibility index (Phi) is 4.11. The third-order valence-corrected chi connectivity index (χ3v) is 3.96. The van der Waals surface area contributed by atoms with Crippen LogP contribution in [0.3, 0.4) is 0 Å². The number of nitriles is 1. The van der Waals surface area contributed by atoms with E-state index in [2.05, 4.69) is 11.0 Å². The smallest absolute Gasteiger partial charge is 0.101 e. The standard InChI is InChI=1S/C14H17ClN2O/c1-17(11-3-2-4-13(18)7-11)12-6-5-10(9-16)14(15)8-12/h5-6,8,11,13,18H,2-4,7H2,1H3. The van der Waals surface area contributed by atoms with E-state index < -0.39 is 0 Å². The second kappa shape index (κ2) is 5.60. The summed E-state index contributed by atoms with van der Waals surface area (Å²) in [7, 11) is 2.01. The third kappa shape index (κ3) is 2.77. The molecular weight excluding hydrogens is 248 g/mol. The number of nitrogens with zero attached hydrogens (tertiary/aromatic N) is 2. The van der Waals surface area contributed by atoms with Crippen LogP contribution in [0.2, 0.25) is 5.02 Å². The van der Waals surface area contributed by atoms with Gasteiger partial charge < -0.3 is 10.0 Å². The van der Waals surface area contributed by atoms with Gasteiger partial charge in [0.25, 0.3) is 0 Å². The van der Waals surface area contributed by atoms with Crippen molar-refractivity contribution in [3.63, 3.8) is 0 Å². The molecule has 0 aliphatic heterocycles. The second-order valence-electron chi connectivity index (χ2n) is 4.86. The van der Waals surface area contributed by atoms with Gasteiger partial charge >= 0.3 is 0 Å². The predicted octanol–water partition coefficient (Wildman–Crippen LogP) is 2.95. The molecule has 0 aromatic heterocycles. The molecule has 1 aliphatic carbocycles. The van der Waals surface area contributed by atoms with Gasteiger partial charge in [0.05, 0.1) is 16.7 Å². The van der Waals surface area contributed by atoms with Gasteiger partial charge in [-0.3, -0.25) is 0 Å². The van der Waals surface area contributed by atoms with E-state index in [1.165, 1.54) is 0 Å². The first-order chi connectivity index (χ1) is 8.61. The minimum Gasteiger partial charge on any atom is -0.393 e. The van der Waals surface area contributed by atoms with E-state index in [1.807, 2.05) is 19.2 Å². The highest BCUT2D eigenvalue weighted by molar-refractivity contribution is 6.32. The Bertz CT molecular complexity index is 469. The van der Waals surface area contributed by atoms with Crippen LogP contribution in [0.5, 0.6) is 0 Å². The van der Waals surface area contributed by atoms with Gasteiger partial charge in [0.1, 0.15) is 6.07 Å². The maximum Gasteiger partial charge on any atom is 0.101 e. The summed E-state index contributed by atoms with van der Waals surface area (Å²) in [6.07, 6.45) is 3.65. The summed E-state index contributed by atoms with van der Waals surface area (Å²) in [6, 6.07) is 7.87. The normalized spacial score (nSPS) is 23.4. The number of aliphatic hydroxyl groups excluding tert-OH is 1. The van der Waals surface area contributed by atoms with E-state index >= 15 is 0 Å². The molecule has 0 radical (unpaired) electrons. The summed E-state index contributed by atoms with van der Waals surface area (Å²) in [6.45, 7) is 0. The Balaban J connectivity index is 2.15. The lowest BCUT2D eigenvalue weighted by molar-refractivity contribution is 0.119. The quantitative estimate of drug-likeness (QED) is 0.893. The van der Waals surface area contributed by atoms with Crippen LogP contribution >= 0.6 is 11.6 Å². The van der Waals surface area contributed by atoms with Crippen molar-refractivity contribution < 1.29 is 5.11 Å². The molecule has 0 bridgehead atoms. The summed E-state index contributed by atoms with van der Waals surface area (Å²) >= 11 is 6.04. The topological polar surface area (TPSA) is 47.3 Å². The molecule has 0 saturated heterocycles. The number of rotatable bonds is 2. The van der Waals surface area contributed by atoms with Gasteiger partial charge in [0.2, 0.25) is 0 Å². The predicted molar refractivity (Wildman–Crippen MR) is 72.8 cm³/mol. The van der Waals surface area contributed by atoms with Gasteiger partial charge in [-0.05, 0) is 43.9 Å². The van der Waals surface area contributed by atoms with Gasteiger partial charge in [-0.2, -0.15) is 5.26 Å². The van der Waals surface area contributed by atoms with Gasteiger partial charge in [-0.15, -0.1) is 0 Å². The molecule has 2 rings (SSSR count). The number of hydrogen-bond donors (Lipinski definition) is 1. The van der Waals surface area contributed by atoms with E-state index in [9.17, 15) is 5.11 Å². The molecule has 96 valence electrons. The maximum absolute atomic E-state index is 9.72. The second-order valence-corrected chi connectivity index (χ2v) is 5.27. The highest BCUT2D eigenvalue weighted by atomic mass is 35.5. The molecule has 1 saturated carbocycles. The van der Waals surface area contributed by atoms with Crippen LogP contribution in [0.25, 0.3) is 0 Å². The molecule has 1 aliphatic rings. The van der Waals surface area contributed by atoms with Crippen molar-refractivity contribution >= 4 is 17.3 Å². The summed E-state index contributed by atoms with van der Waals surface area (Å²) in [4.78, 5) is 2.15. The number of benzene rings is 1. The molecule has 2 atom stereocenters. The SMILES string of the molecule is CN(c1ccc(C#N)c(Cl)c1)C1CCCC(O)C1. The van der Waals surface area contributed by atoms with Crippen molar-refractivity contribution in [1.82, 2.24) is 0 Å². The lowest BCUT2D eigenvalue weighted by Crippen LogP contribution is -2.37. The highest BCUT2D eigenvalue weighted by Gasteiger charge is 2.23. The summed E-state index contributed by atoms with van der Waals surface area (Å²) in [5.41, 5.74) is 1.50. The average molecular weight is 265 g/mol. The Hall–Kier alpha value is -1.24. The van der Waals surface area contributed by atoms with Crippen LogP contribution < -0.4 is 4.90 Å². The molecule has 0 amide bonds. The molecular formula is C14H17ClN2O. The van der Waals surface area contributed by atoms with Crippen molar-refractivity contribution in [3.05, 3.63) is 28.8 Å². The molecule has 1 aromatic carbocycles. The maximum atomic E-state index is 9.72. The minimum absolute atomic E-state index is 0.194. The van der Waals surface area contributed by atoms with Crippen molar-refractivity contribution in [1.29, 1.82) is 5.26 Å². The zero-order chi connectivity index (χ0) is 13.1. The van der Waals surface area contributed by atoms with Gasteiger partial charge in [0.15, 0.2) is 0 Å². The van der Waals surface area contributed by atoms with E-state index in [1.54, 1.807) is 6.07 Å². The van der Waals surface area contributed by atoms with Crippen LogP contribution in [0.4, 0.5) is 5.69 Å². The fourth-order valence-electron chi connectivity index (χ4n) is 2.52. The zero-order valence-electron chi connectivity index (χ0n) is 10.4. The van der Waals surface area contributed by atoms with Crippen LogP contribution in [-0.4, -0.2) is 24.3 Å². The Morgan fingerprint density at radius 3 is 2.83 bits per heavy atom. The van der Waals surface area contributed by atoms with Crippen molar-refractivity contribution in [2.45, 2.75) is 37.8 Å². The van der Waals surface area contributed by atoms with Crippen LogP contribution in [-0.2, 0) is 0 Å². The average Bonchev–Trinajstić information content (AvgIpc) is 2.37. The van der Waals surface area contributed by atoms with E-state index in [0.29, 0.717) is 16.6 Å². The van der Waals surface area contributed by atoms with E-state index in [4.69, 9.17) is 16.9 Å². The first-order valence-electron chi connectivity index (χ1n) is 6.22. The Morgan fingerprint density at radius 2 is 2.22 bits per heavy atom. The minimum atomic E-state index is -0.194. The number of halogens is 1. The van der Waals surface area contributed by atoms with Gasteiger partial charge in [-0.1, -0.05) is 11.6 Å². The van der Waals surface area contributed by atoms with E-state index in [0.717, 1.165) is 31.4 Å². The molecule has 0 spiro atoms. The fraction of sp³-hybridized carbons (Fsp3) is 0.500. The monoisotopic (exact) mass is 264 g/mol. The van der Waals surface area contributed by atoms with Gasteiger partial charge in [0, 0.05) is 18.8 Å². The van der Waals surface area contributed by atoms with Crippen molar-refractivity contribution in [2.24, 2.45) is 0 Å². The first kappa shape index (κ1) is 13.2. The fourth-order valence-corrected chi connectivity index (χ4v) is 2.73. The van der Waals surface area contributed by atoms with Gasteiger partial charge in [-0.25, -0.2) is 0 Å². The molecule has 18 heavy (non-hydrogen) atoms. The number of anilines is 1. The lowest BCUT2D eigenvalue weighted by Gasteiger charge is -2.35. The van der Waals surface area contributed by atoms with Crippen LogP contribution in [0, 0.1) is 11.3 Å². The zero-order valence-corrected chi connectivity index (χ0v) is 11.2. The molecule has 1 N–H and O–H groups in total. The molecule has 2 unspecified atom stereocenters. The number of hydrogen-bond acceptors (Lipinski definition) is 3. The summed E-state index contributed by atoms with van der Waals surface area (Å²) in [5, 5.41) is 19.1. The largest absolute Gasteiger partial charge is 0.393 e. The Morgan fingerprint density at radius 1 is 1.44 bits per heavy atom. The van der Waals surface area contributed by atoms with Crippen LogP contribution in [0.1, 0.15) is 31.2 Å². The molecule has 4 heteroatoms. The lowest BCUT2D eigenvalue weighted by atomic mass is 9.92. The highest BCUT2D eigenvalue weighted by Crippen LogP contribution is 2.29. The first-order valence-corrected chi connectivity index (χ1v) is 6.60. The summed E-state index contributed by atoms with van der Waals surface area (Å²) in [5.74, 6) is 0. The van der Waals surface area contributed by atoms with E-state index in [-0.39, 0.29) is 6.10 Å². The molecule has 1 fully saturated rings.